The van der Waals surface area contributed by atoms with Gasteiger partial charge < -0.3 is 10.4 Å². The summed E-state index contributed by atoms with van der Waals surface area (Å²) in [5, 5.41) is 16.7. The number of benzene rings is 1. The number of carbonyl (C=O) groups excluding carboxylic acids is 1. The zero-order valence-electron chi connectivity index (χ0n) is 16.8. The molecule has 0 aliphatic heterocycles. The summed E-state index contributed by atoms with van der Waals surface area (Å²) >= 11 is 0. The van der Waals surface area contributed by atoms with Crippen molar-refractivity contribution in [2.75, 3.05) is 6.61 Å². The van der Waals surface area contributed by atoms with Crippen LogP contribution in [0.2, 0.25) is 0 Å². The van der Waals surface area contributed by atoms with E-state index < -0.39 is 0 Å². The largest absolute Gasteiger partial charge is 0.394 e. The predicted molar refractivity (Wildman–Crippen MR) is 113 cm³/mol. The van der Waals surface area contributed by atoms with E-state index in [1.165, 1.54) is 6.42 Å². The van der Waals surface area contributed by atoms with Crippen LogP contribution in [0.5, 0.6) is 0 Å². The first-order valence-corrected chi connectivity index (χ1v) is 10.1. The van der Waals surface area contributed by atoms with E-state index >= 15 is 0 Å². The van der Waals surface area contributed by atoms with Gasteiger partial charge in [-0.25, -0.2) is 0 Å². The summed E-state index contributed by atoms with van der Waals surface area (Å²) in [5.74, 6) is -0.212. The smallest absolute Gasteiger partial charge is 0.251 e. The van der Waals surface area contributed by atoms with Gasteiger partial charge in [-0.1, -0.05) is 6.07 Å². The van der Waals surface area contributed by atoms with Gasteiger partial charge in [0.15, 0.2) is 0 Å². The van der Waals surface area contributed by atoms with E-state index in [1.54, 1.807) is 6.92 Å². The summed E-state index contributed by atoms with van der Waals surface area (Å²) < 4.78 is 2.07. The monoisotopic (exact) mass is 390 g/mol. The third-order valence-electron chi connectivity index (χ3n) is 5.44. The van der Waals surface area contributed by atoms with Crippen LogP contribution in [0.4, 0.5) is 0 Å². The van der Waals surface area contributed by atoms with Gasteiger partial charge in [-0.2, -0.15) is 5.10 Å². The van der Waals surface area contributed by atoms with E-state index in [1.807, 2.05) is 49.6 Å². The minimum absolute atomic E-state index is 0.105. The normalized spacial score (nSPS) is 15.0. The van der Waals surface area contributed by atoms with Gasteiger partial charge in [-0.15, -0.1) is 0 Å². The Bertz CT molecular complexity index is 1010. The Balaban J connectivity index is 1.79. The summed E-state index contributed by atoms with van der Waals surface area (Å²) in [5.41, 5.74) is 5.27. The first kappa shape index (κ1) is 19.3. The van der Waals surface area contributed by atoms with Gasteiger partial charge in [-0.05, 0) is 69.0 Å². The van der Waals surface area contributed by atoms with Crippen LogP contribution in [0.15, 0.2) is 48.8 Å². The van der Waals surface area contributed by atoms with Crippen LogP contribution in [-0.2, 0) is 0 Å². The highest BCUT2D eigenvalue weighted by molar-refractivity contribution is 5.97. The maximum atomic E-state index is 12.8. The van der Waals surface area contributed by atoms with Crippen LogP contribution in [0, 0.1) is 6.92 Å². The van der Waals surface area contributed by atoms with Crippen molar-refractivity contribution < 1.29 is 9.90 Å². The topological polar surface area (TPSA) is 80.0 Å². The highest BCUT2D eigenvalue weighted by Gasteiger charge is 2.23. The van der Waals surface area contributed by atoms with E-state index in [2.05, 4.69) is 26.1 Å². The minimum atomic E-state index is -0.312. The maximum Gasteiger partial charge on any atom is 0.251 e. The van der Waals surface area contributed by atoms with Crippen LogP contribution in [0.3, 0.4) is 0 Å². The summed E-state index contributed by atoms with van der Waals surface area (Å²) in [6.45, 7) is 3.67. The fourth-order valence-electron chi connectivity index (χ4n) is 3.51. The summed E-state index contributed by atoms with van der Waals surface area (Å²) in [4.78, 5) is 17.3. The molecular weight excluding hydrogens is 364 g/mol. The lowest BCUT2D eigenvalue weighted by Gasteiger charge is -2.27. The summed E-state index contributed by atoms with van der Waals surface area (Å²) in [6.07, 6.45) is 7.14. The van der Waals surface area contributed by atoms with Gasteiger partial charge in [-0.3, -0.25) is 14.5 Å². The third-order valence-corrected chi connectivity index (χ3v) is 5.44. The molecule has 2 heterocycles. The van der Waals surface area contributed by atoms with Crippen LogP contribution in [0.25, 0.3) is 22.5 Å². The minimum Gasteiger partial charge on any atom is -0.394 e. The molecule has 2 N–H and O–H groups in total. The molecule has 1 amide bonds. The number of aryl methyl sites for hydroxylation is 1. The first-order valence-electron chi connectivity index (χ1n) is 10.1. The average molecular weight is 390 g/mol. The number of carbonyl (C=O) groups is 1. The zero-order valence-corrected chi connectivity index (χ0v) is 16.8. The number of pyridine rings is 1. The van der Waals surface area contributed by atoms with Crippen molar-refractivity contribution in [3.8, 4) is 22.5 Å². The molecule has 1 fully saturated rings. The molecule has 0 bridgehead atoms. The second kappa shape index (κ2) is 8.17. The third kappa shape index (κ3) is 4.07. The molecule has 2 aromatic heterocycles. The van der Waals surface area contributed by atoms with Crippen molar-refractivity contribution in [1.29, 1.82) is 0 Å². The van der Waals surface area contributed by atoms with Gasteiger partial charge in [0.25, 0.3) is 5.91 Å². The number of hydrogen-bond acceptors (Lipinski definition) is 4. The van der Waals surface area contributed by atoms with Crippen LogP contribution < -0.4 is 5.32 Å². The molecule has 3 aromatic rings. The molecule has 1 atom stereocenters. The van der Waals surface area contributed by atoms with Gasteiger partial charge >= 0.3 is 0 Å². The lowest BCUT2D eigenvalue weighted by atomic mass is 9.92. The zero-order chi connectivity index (χ0) is 20.4. The van der Waals surface area contributed by atoms with Crippen molar-refractivity contribution in [2.24, 2.45) is 0 Å². The molecule has 29 heavy (non-hydrogen) atoms. The standard InChI is InChI=1S/C23H26N4O2/c1-15-6-7-21(24-13-15)17-10-18(12-19(11-17)23(29)26-16(2)14-28)22-8-9-25-27(22)20-4-3-5-20/h6-13,16,20,28H,3-5,14H2,1-2H3,(H,26,29)/t16-/m0/s1. The van der Waals surface area contributed by atoms with E-state index in [-0.39, 0.29) is 18.6 Å². The van der Waals surface area contributed by atoms with Gasteiger partial charge in [0.1, 0.15) is 0 Å². The number of nitrogens with zero attached hydrogens (tertiary/aromatic N) is 3. The number of hydrogen-bond donors (Lipinski definition) is 2. The first-order chi connectivity index (χ1) is 14.0. The molecule has 6 heteroatoms. The molecule has 4 rings (SSSR count). The van der Waals surface area contributed by atoms with Crippen LogP contribution >= 0.6 is 0 Å². The summed E-state index contributed by atoms with van der Waals surface area (Å²) in [6, 6.07) is 11.9. The molecule has 1 aliphatic carbocycles. The highest BCUT2D eigenvalue weighted by atomic mass is 16.3. The lowest BCUT2D eigenvalue weighted by molar-refractivity contribution is 0.0922. The van der Waals surface area contributed by atoms with Crippen molar-refractivity contribution in [2.45, 2.75) is 45.2 Å². The summed E-state index contributed by atoms with van der Waals surface area (Å²) in [7, 11) is 0. The molecule has 1 aliphatic rings. The molecule has 6 nitrogen and oxygen atoms in total. The average Bonchev–Trinajstić information content (AvgIpc) is 3.15. The van der Waals surface area contributed by atoms with Gasteiger partial charge in [0.05, 0.1) is 24.0 Å². The molecular formula is C23H26N4O2. The number of aliphatic hydroxyl groups is 1. The van der Waals surface area contributed by atoms with Gasteiger partial charge in [0.2, 0.25) is 0 Å². The quantitative estimate of drug-likeness (QED) is 0.672. The Morgan fingerprint density at radius 2 is 2.03 bits per heavy atom. The number of aliphatic hydroxyl groups excluding tert-OH is 1. The number of aromatic nitrogens is 3. The Labute approximate surface area is 170 Å². The molecule has 150 valence electrons. The van der Waals surface area contributed by atoms with Gasteiger partial charge in [0, 0.05) is 35.1 Å². The molecule has 1 aromatic carbocycles. The van der Waals surface area contributed by atoms with Crippen molar-refractivity contribution >= 4 is 5.91 Å². The molecule has 0 saturated heterocycles. The Morgan fingerprint density at radius 3 is 2.69 bits per heavy atom. The van der Waals surface area contributed by atoms with Crippen molar-refractivity contribution in [3.63, 3.8) is 0 Å². The van der Waals surface area contributed by atoms with E-state index in [0.717, 1.165) is 40.9 Å². The van der Waals surface area contributed by atoms with Crippen molar-refractivity contribution in [3.05, 3.63) is 59.9 Å². The molecule has 1 saturated carbocycles. The predicted octanol–water partition coefficient (Wildman–Crippen LogP) is 3.76. The number of rotatable bonds is 6. The molecule has 0 spiro atoms. The fraction of sp³-hybridized carbons (Fsp3) is 0.348. The van der Waals surface area contributed by atoms with E-state index in [4.69, 9.17) is 0 Å². The maximum absolute atomic E-state index is 12.8. The van der Waals surface area contributed by atoms with E-state index in [0.29, 0.717) is 11.6 Å². The highest BCUT2D eigenvalue weighted by Crippen LogP contribution is 2.36. The second-order valence-electron chi connectivity index (χ2n) is 7.82. The number of amides is 1. The molecule has 0 unspecified atom stereocenters. The SMILES string of the molecule is Cc1ccc(-c2cc(C(=O)N[C@@H](C)CO)cc(-c3ccnn3C3CCC3)c2)nc1. The Hall–Kier alpha value is -2.99. The van der Waals surface area contributed by atoms with Crippen LogP contribution in [-0.4, -0.2) is 38.4 Å². The van der Waals surface area contributed by atoms with Crippen molar-refractivity contribution in [1.82, 2.24) is 20.1 Å². The van der Waals surface area contributed by atoms with Crippen LogP contribution in [0.1, 0.15) is 48.1 Å². The van der Waals surface area contributed by atoms with E-state index in [9.17, 15) is 9.90 Å². The number of nitrogens with one attached hydrogen (secondary N) is 1. The Morgan fingerprint density at radius 1 is 1.24 bits per heavy atom. The fourth-order valence-corrected chi connectivity index (χ4v) is 3.51. The lowest BCUT2D eigenvalue weighted by Crippen LogP contribution is -2.35. The second-order valence-corrected chi connectivity index (χ2v) is 7.82. The Kier molecular flexibility index (Phi) is 5.45. The molecule has 0 radical (unpaired) electrons.